The largest absolute Gasteiger partial charge is 0.464 e. The summed E-state index contributed by atoms with van der Waals surface area (Å²) in [5, 5.41) is 0. The van der Waals surface area contributed by atoms with Crippen molar-refractivity contribution in [3.8, 4) is 0 Å². The molecule has 1 heterocycles. The summed E-state index contributed by atoms with van der Waals surface area (Å²) in [6, 6.07) is 3.42. The lowest BCUT2D eigenvalue weighted by Gasteiger charge is -2.27. The molecule has 0 aromatic carbocycles. The van der Waals surface area contributed by atoms with Crippen LogP contribution < -0.4 is 5.73 Å². The average Bonchev–Trinajstić information content (AvgIpc) is 2.59. The molecule has 16 heavy (non-hydrogen) atoms. The monoisotopic (exact) mass is 224 g/mol. The Hall–Kier alpha value is -1.29. The van der Waals surface area contributed by atoms with Crippen LogP contribution in [-0.2, 0) is 11.3 Å². The summed E-state index contributed by atoms with van der Waals surface area (Å²) in [5.41, 5.74) is 5.61. The molecule has 0 bridgehead atoms. The molecule has 4 heteroatoms. The molecule has 0 radical (unpaired) electrons. The van der Waals surface area contributed by atoms with Crippen LogP contribution in [0.25, 0.3) is 0 Å². The topological polar surface area (TPSA) is 59.5 Å². The van der Waals surface area contributed by atoms with Gasteiger partial charge in [0.1, 0.15) is 11.5 Å². The van der Waals surface area contributed by atoms with Gasteiger partial charge >= 0.3 is 0 Å². The number of nitrogens with two attached hydrogens (primary N) is 1. The number of rotatable bonds is 4. The predicted molar refractivity (Wildman–Crippen MR) is 62.8 cm³/mol. The number of amides is 1. The molecule has 0 fully saturated rings. The SMILES string of the molecule is Cc1ccc(CN(C(=O)[C@@H](C)N)C(C)C)o1. The number of aryl methyl sites for hydroxylation is 1. The van der Waals surface area contributed by atoms with Crippen LogP contribution in [0, 0.1) is 6.92 Å². The van der Waals surface area contributed by atoms with Gasteiger partial charge in [-0.25, -0.2) is 0 Å². The lowest BCUT2D eigenvalue weighted by atomic mass is 10.2. The first-order chi connectivity index (χ1) is 7.41. The zero-order chi connectivity index (χ0) is 12.3. The molecule has 2 N–H and O–H groups in total. The van der Waals surface area contributed by atoms with Gasteiger partial charge in [0, 0.05) is 6.04 Å². The molecule has 0 aliphatic rings. The van der Waals surface area contributed by atoms with Crippen molar-refractivity contribution in [2.75, 3.05) is 0 Å². The van der Waals surface area contributed by atoms with E-state index in [9.17, 15) is 4.79 Å². The van der Waals surface area contributed by atoms with Crippen LogP contribution in [0.2, 0.25) is 0 Å². The number of hydrogen-bond acceptors (Lipinski definition) is 3. The molecule has 0 unspecified atom stereocenters. The molecule has 0 aliphatic carbocycles. The highest BCUT2D eigenvalue weighted by Gasteiger charge is 2.21. The van der Waals surface area contributed by atoms with Gasteiger partial charge in [-0.3, -0.25) is 4.79 Å². The van der Waals surface area contributed by atoms with Gasteiger partial charge in [-0.15, -0.1) is 0 Å². The van der Waals surface area contributed by atoms with E-state index in [1.807, 2.05) is 32.9 Å². The summed E-state index contributed by atoms with van der Waals surface area (Å²) in [7, 11) is 0. The first-order valence-electron chi connectivity index (χ1n) is 5.53. The minimum Gasteiger partial charge on any atom is -0.464 e. The Morgan fingerprint density at radius 3 is 2.44 bits per heavy atom. The highest BCUT2D eigenvalue weighted by Crippen LogP contribution is 2.12. The fourth-order valence-corrected chi connectivity index (χ4v) is 1.51. The number of nitrogens with zero attached hydrogens (tertiary/aromatic N) is 1. The first-order valence-corrected chi connectivity index (χ1v) is 5.53. The molecule has 1 amide bonds. The molecule has 0 saturated heterocycles. The Morgan fingerprint density at radius 2 is 2.06 bits per heavy atom. The second-order valence-electron chi connectivity index (χ2n) is 4.36. The lowest BCUT2D eigenvalue weighted by molar-refractivity contribution is -0.134. The van der Waals surface area contributed by atoms with Crippen LogP contribution >= 0.6 is 0 Å². The number of furan rings is 1. The normalized spacial score (nSPS) is 12.9. The Labute approximate surface area is 96.4 Å². The van der Waals surface area contributed by atoms with Crippen LogP contribution in [0.1, 0.15) is 32.3 Å². The van der Waals surface area contributed by atoms with E-state index >= 15 is 0 Å². The van der Waals surface area contributed by atoms with Crippen molar-refractivity contribution in [3.63, 3.8) is 0 Å². The van der Waals surface area contributed by atoms with Crippen molar-refractivity contribution in [1.82, 2.24) is 4.90 Å². The van der Waals surface area contributed by atoms with E-state index in [4.69, 9.17) is 10.2 Å². The molecule has 4 nitrogen and oxygen atoms in total. The predicted octanol–water partition coefficient (Wildman–Crippen LogP) is 1.67. The summed E-state index contributed by atoms with van der Waals surface area (Å²) in [5.74, 6) is 1.59. The van der Waals surface area contributed by atoms with Gasteiger partial charge in [0.05, 0.1) is 12.6 Å². The van der Waals surface area contributed by atoms with Crippen LogP contribution in [0.3, 0.4) is 0 Å². The molecule has 90 valence electrons. The Morgan fingerprint density at radius 1 is 1.44 bits per heavy atom. The Bertz CT molecular complexity index is 356. The quantitative estimate of drug-likeness (QED) is 0.846. The minimum absolute atomic E-state index is 0.0518. The Kier molecular flexibility index (Phi) is 4.12. The molecule has 1 aromatic rings. The van der Waals surface area contributed by atoms with Crippen molar-refractivity contribution in [1.29, 1.82) is 0 Å². The van der Waals surface area contributed by atoms with E-state index in [0.29, 0.717) is 6.54 Å². The van der Waals surface area contributed by atoms with Crippen LogP contribution in [0.5, 0.6) is 0 Å². The van der Waals surface area contributed by atoms with E-state index in [2.05, 4.69) is 0 Å². The summed E-state index contributed by atoms with van der Waals surface area (Å²) >= 11 is 0. The Balaban J connectivity index is 2.76. The maximum atomic E-state index is 11.9. The van der Waals surface area contributed by atoms with Crippen molar-refractivity contribution < 1.29 is 9.21 Å². The van der Waals surface area contributed by atoms with Gasteiger partial charge < -0.3 is 15.1 Å². The summed E-state index contributed by atoms with van der Waals surface area (Å²) in [4.78, 5) is 13.6. The lowest BCUT2D eigenvalue weighted by Crippen LogP contribution is -2.45. The third-order valence-corrected chi connectivity index (χ3v) is 2.42. The zero-order valence-electron chi connectivity index (χ0n) is 10.4. The summed E-state index contributed by atoms with van der Waals surface area (Å²) in [6.45, 7) is 8.00. The molecule has 0 spiro atoms. The van der Waals surface area contributed by atoms with Gasteiger partial charge in [-0.05, 0) is 39.8 Å². The highest BCUT2D eigenvalue weighted by molar-refractivity contribution is 5.81. The number of carbonyl (C=O) groups is 1. The van der Waals surface area contributed by atoms with E-state index in [1.165, 1.54) is 0 Å². The van der Waals surface area contributed by atoms with E-state index in [0.717, 1.165) is 11.5 Å². The van der Waals surface area contributed by atoms with Crippen LogP contribution in [-0.4, -0.2) is 22.9 Å². The molecule has 1 rings (SSSR count). The van der Waals surface area contributed by atoms with Crippen molar-refractivity contribution in [2.45, 2.75) is 46.3 Å². The van der Waals surface area contributed by atoms with Crippen molar-refractivity contribution >= 4 is 5.91 Å². The van der Waals surface area contributed by atoms with E-state index < -0.39 is 6.04 Å². The third-order valence-electron chi connectivity index (χ3n) is 2.42. The van der Waals surface area contributed by atoms with Gasteiger partial charge in [0.25, 0.3) is 0 Å². The van der Waals surface area contributed by atoms with Crippen molar-refractivity contribution in [2.24, 2.45) is 5.73 Å². The molecule has 1 atom stereocenters. The third kappa shape index (κ3) is 3.10. The zero-order valence-corrected chi connectivity index (χ0v) is 10.4. The number of hydrogen-bond donors (Lipinski definition) is 1. The first kappa shape index (κ1) is 12.8. The standard InChI is InChI=1S/C12H20N2O2/c1-8(2)14(12(15)10(4)13)7-11-6-5-9(3)16-11/h5-6,8,10H,7,13H2,1-4H3/t10-/m1/s1. The number of carbonyl (C=O) groups excluding carboxylic acids is 1. The molecule has 0 aliphatic heterocycles. The maximum Gasteiger partial charge on any atom is 0.239 e. The fourth-order valence-electron chi connectivity index (χ4n) is 1.51. The van der Waals surface area contributed by atoms with Crippen molar-refractivity contribution in [3.05, 3.63) is 23.7 Å². The van der Waals surface area contributed by atoms with Crippen LogP contribution in [0.4, 0.5) is 0 Å². The van der Waals surface area contributed by atoms with Gasteiger partial charge in [-0.2, -0.15) is 0 Å². The minimum atomic E-state index is -0.474. The van der Waals surface area contributed by atoms with Gasteiger partial charge in [0.2, 0.25) is 5.91 Å². The van der Waals surface area contributed by atoms with E-state index in [1.54, 1.807) is 11.8 Å². The molecular formula is C12H20N2O2. The maximum absolute atomic E-state index is 11.9. The second-order valence-corrected chi connectivity index (χ2v) is 4.36. The van der Waals surface area contributed by atoms with Crippen LogP contribution in [0.15, 0.2) is 16.5 Å². The molecule has 1 aromatic heterocycles. The molecule has 0 saturated carbocycles. The van der Waals surface area contributed by atoms with E-state index in [-0.39, 0.29) is 11.9 Å². The van der Waals surface area contributed by atoms with Gasteiger partial charge in [-0.1, -0.05) is 0 Å². The highest BCUT2D eigenvalue weighted by atomic mass is 16.3. The molecular weight excluding hydrogens is 204 g/mol. The summed E-state index contributed by atoms with van der Waals surface area (Å²) in [6.07, 6.45) is 0. The average molecular weight is 224 g/mol. The fraction of sp³-hybridized carbons (Fsp3) is 0.583. The summed E-state index contributed by atoms with van der Waals surface area (Å²) < 4.78 is 5.46. The van der Waals surface area contributed by atoms with Gasteiger partial charge in [0.15, 0.2) is 0 Å². The second kappa shape index (κ2) is 5.16. The smallest absolute Gasteiger partial charge is 0.239 e.